The topological polar surface area (TPSA) is 59.4 Å². The van der Waals surface area contributed by atoms with E-state index in [1.54, 1.807) is 12.4 Å². The van der Waals surface area contributed by atoms with E-state index in [1.807, 2.05) is 11.5 Å². The largest absolute Gasteiger partial charge is 0.299 e. The molecule has 0 aromatic carbocycles. The molecule has 0 fully saturated rings. The van der Waals surface area contributed by atoms with Crippen LogP contribution in [0.4, 0.5) is 0 Å². The lowest BCUT2D eigenvalue weighted by Gasteiger charge is -2.03. The van der Waals surface area contributed by atoms with Gasteiger partial charge in [-0.05, 0) is 25.6 Å². The van der Waals surface area contributed by atoms with Crippen molar-refractivity contribution in [2.75, 3.05) is 0 Å². The van der Waals surface area contributed by atoms with Crippen LogP contribution >= 0.6 is 12.2 Å². The van der Waals surface area contributed by atoms with Crippen LogP contribution in [0.25, 0.3) is 11.5 Å². The van der Waals surface area contributed by atoms with Crippen LogP contribution < -0.4 is 0 Å². The Morgan fingerprint density at radius 1 is 1.38 bits per heavy atom. The minimum absolute atomic E-state index is 0.624. The molecule has 0 atom stereocenters. The molecule has 0 radical (unpaired) electrons. The predicted molar refractivity (Wildman–Crippen MR) is 63.5 cm³/mol. The van der Waals surface area contributed by atoms with Crippen LogP contribution in [-0.4, -0.2) is 24.7 Å². The van der Waals surface area contributed by atoms with Gasteiger partial charge in [-0.3, -0.25) is 14.6 Å². The van der Waals surface area contributed by atoms with Gasteiger partial charge in [0.25, 0.3) is 0 Å². The molecule has 0 aliphatic carbocycles. The van der Waals surface area contributed by atoms with Crippen LogP contribution in [0.2, 0.25) is 0 Å². The van der Waals surface area contributed by atoms with E-state index in [-0.39, 0.29) is 0 Å². The second-order valence-corrected chi connectivity index (χ2v) is 3.93. The highest BCUT2D eigenvalue weighted by Gasteiger charge is 2.09. The van der Waals surface area contributed by atoms with Crippen LogP contribution in [0.3, 0.4) is 0 Å². The van der Waals surface area contributed by atoms with Crippen LogP contribution in [0.1, 0.15) is 19.0 Å². The second-order valence-electron chi connectivity index (χ2n) is 3.55. The van der Waals surface area contributed by atoms with Crippen molar-refractivity contribution in [1.29, 1.82) is 0 Å². The van der Waals surface area contributed by atoms with Gasteiger partial charge in [-0.15, -0.1) is 0 Å². The predicted octanol–water partition coefficient (Wildman–Crippen LogP) is 2.12. The zero-order valence-electron chi connectivity index (χ0n) is 9.27. The number of aromatic amines is 1. The van der Waals surface area contributed by atoms with Gasteiger partial charge >= 0.3 is 0 Å². The lowest BCUT2D eigenvalue weighted by atomic mass is 10.4. The van der Waals surface area contributed by atoms with E-state index >= 15 is 0 Å². The summed E-state index contributed by atoms with van der Waals surface area (Å²) in [5.74, 6) is 0.749. The quantitative estimate of drug-likeness (QED) is 0.828. The van der Waals surface area contributed by atoms with E-state index in [0.29, 0.717) is 4.77 Å². The third-order valence-corrected chi connectivity index (χ3v) is 2.53. The normalized spacial score (nSPS) is 10.6. The zero-order valence-corrected chi connectivity index (χ0v) is 10.1. The monoisotopic (exact) mass is 235 g/mol. The first-order chi connectivity index (χ1) is 7.72. The molecule has 2 aromatic heterocycles. The van der Waals surface area contributed by atoms with Crippen LogP contribution in [0.5, 0.6) is 0 Å². The Morgan fingerprint density at radius 2 is 2.19 bits per heavy atom. The molecule has 2 heterocycles. The summed E-state index contributed by atoms with van der Waals surface area (Å²) in [5, 5.41) is 6.96. The molecule has 16 heavy (non-hydrogen) atoms. The smallest absolute Gasteiger partial charge is 0.195 e. The van der Waals surface area contributed by atoms with Gasteiger partial charge in [0.1, 0.15) is 5.69 Å². The van der Waals surface area contributed by atoms with Gasteiger partial charge in [0, 0.05) is 12.7 Å². The van der Waals surface area contributed by atoms with E-state index in [4.69, 9.17) is 12.2 Å². The summed E-state index contributed by atoms with van der Waals surface area (Å²) in [5.41, 5.74) is 1.63. The molecule has 0 unspecified atom stereocenters. The summed E-state index contributed by atoms with van der Waals surface area (Å²) >= 11 is 5.16. The number of hydrogen-bond acceptors (Lipinski definition) is 4. The van der Waals surface area contributed by atoms with Crippen molar-refractivity contribution >= 4 is 12.2 Å². The first kappa shape index (κ1) is 10.9. The minimum Gasteiger partial charge on any atom is -0.299 e. The van der Waals surface area contributed by atoms with Gasteiger partial charge in [-0.1, -0.05) is 6.92 Å². The third-order valence-electron chi connectivity index (χ3n) is 2.22. The molecule has 5 nitrogen and oxygen atoms in total. The molecule has 6 heteroatoms. The second kappa shape index (κ2) is 4.52. The van der Waals surface area contributed by atoms with Gasteiger partial charge in [0.15, 0.2) is 10.6 Å². The summed E-state index contributed by atoms with van der Waals surface area (Å²) < 4.78 is 2.56. The zero-order chi connectivity index (χ0) is 11.5. The molecule has 0 bridgehead atoms. The van der Waals surface area contributed by atoms with Gasteiger partial charge in [-0.2, -0.15) is 5.10 Å². The maximum Gasteiger partial charge on any atom is 0.195 e. The molecule has 2 rings (SSSR count). The number of hydrogen-bond donors (Lipinski definition) is 1. The SMILES string of the molecule is CCCn1c(-c2cnc(C)cn2)n[nH]c1=S. The number of nitrogens with one attached hydrogen (secondary N) is 1. The number of nitrogens with zero attached hydrogens (tertiary/aromatic N) is 4. The molecule has 0 saturated carbocycles. The summed E-state index contributed by atoms with van der Waals surface area (Å²) in [7, 11) is 0. The molecule has 1 N–H and O–H groups in total. The van der Waals surface area contributed by atoms with Crippen LogP contribution in [0, 0.1) is 11.7 Å². The average Bonchev–Trinajstić information content (AvgIpc) is 2.63. The van der Waals surface area contributed by atoms with Gasteiger partial charge < -0.3 is 0 Å². The standard InChI is InChI=1S/C10H13N5S/c1-3-4-15-9(13-14-10(15)16)8-6-11-7(2)5-12-8/h5-6H,3-4H2,1-2H3,(H,14,16). The van der Waals surface area contributed by atoms with E-state index in [9.17, 15) is 0 Å². The number of rotatable bonds is 3. The van der Waals surface area contributed by atoms with Gasteiger partial charge in [0.05, 0.1) is 11.9 Å². The maximum absolute atomic E-state index is 5.16. The molecule has 0 amide bonds. The summed E-state index contributed by atoms with van der Waals surface area (Å²) in [6.07, 6.45) is 4.44. The first-order valence-electron chi connectivity index (χ1n) is 5.16. The molecule has 0 aliphatic heterocycles. The van der Waals surface area contributed by atoms with E-state index in [2.05, 4.69) is 27.1 Å². The lowest BCUT2D eigenvalue weighted by Crippen LogP contribution is -2.01. The fraction of sp³-hybridized carbons (Fsp3) is 0.400. The number of aryl methyl sites for hydroxylation is 1. The highest BCUT2D eigenvalue weighted by Crippen LogP contribution is 2.13. The number of aromatic nitrogens is 5. The van der Waals surface area contributed by atoms with Crippen molar-refractivity contribution in [3.05, 3.63) is 22.9 Å². The van der Waals surface area contributed by atoms with Crippen molar-refractivity contribution in [3.63, 3.8) is 0 Å². The van der Waals surface area contributed by atoms with E-state index < -0.39 is 0 Å². The molecular formula is C10H13N5S. The first-order valence-corrected chi connectivity index (χ1v) is 5.57. The lowest BCUT2D eigenvalue weighted by molar-refractivity contribution is 0.673. The average molecular weight is 235 g/mol. The molecule has 2 aromatic rings. The minimum atomic E-state index is 0.624. The maximum atomic E-state index is 5.16. The van der Waals surface area contributed by atoms with Crippen molar-refractivity contribution in [2.24, 2.45) is 0 Å². The summed E-state index contributed by atoms with van der Waals surface area (Å²) in [6.45, 7) is 4.83. The Kier molecular flexibility index (Phi) is 3.09. The molecule has 0 saturated heterocycles. The molecule has 0 aliphatic rings. The molecule has 84 valence electrons. The molecular weight excluding hydrogens is 222 g/mol. The highest BCUT2D eigenvalue weighted by molar-refractivity contribution is 7.71. The van der Waals surface area contributed by atoms with Crippen molar-refractivity contribution in [3.8, 4) is 11.5 Å². The Labute approximate surface area is 98.6 Å². The number of H-pyrrole nitrogens is 1. The van der Waals surface area contributed by atoms with Gasteiger partial charge in [0.2, 0.25) is 0 Å². The Balaban J connectivity index is 2.47. The molecule has 0 spiro atoms. The summed E-state index contributed by atoms with van der Waals surface area (Å²) in [6, 6.07) is 0. The Hall–Kier alpha value is -1.56. The van der Waals surface area contributed by atoms with Gasteiger partial charge in [-0.25, -0.2) is 4.98 Å². The van der Waals surface area contributed by atoms with E-state index in [0.717, 1.165) is 30.2 Å². The Morgan fingerprint density at radius 3 is 2.81 bits per heavy atom. The van der Waals surface area contributed by atoms with Crippen LogP contribution in [0.15, 0.2) is 12.4 Å². The Bertz CT molecular complexity index is 525. The van der Waals surface area contributed by atoms with Crippen molar-refractivity contribution < 1.29 is 0 Å². The van der Waals surface area contributed by atoms with Crippen molar-refractivity contribution in [1.82, 2.24) is 24.7 Å². The fourth-order valence-corrected chi connectivity index (χ4v) is 1.68. The van der Waals surface area contributed by atoms with E-state index in [1.165, 1.54) is 0 Å². The fourth-order valence-electron chi connectivity index (χ4n) is 1.45. The summed E-state index contributed by atoms with van der Waals surface area (Å²) in [4.78, 5) is 8.49. The highest BCUT2D eigenvalue weighted by atomic mass is 32.1. The van der Waals surface area contributed by atoms with Crippen LogP contribution in [-0.2, 0) is 6.54 Å². The van der Waals surface area contributed by atoms with Crippen molar-refractivity contribution in [2.45, 2.75) is 26.8 Å². The third kappa shape index (κ3) is 2.01.